The van der Waals surface area contributed by atoms with Gasteiger partial charge in [-0.1, -0.05) is 29.8 Å². The van der Waals surface area contributed by atoms with E-state index in [1.807, 2.05) is 47.4 Å². The standard InChI is InChI=1S/C24H29ClN4O3/c25-22-4-2-1-3-19(22)17-24(31)29-11-9-27(10-12-29)18-23(30)26-20-5-7-21(8-6-20)28-13-15-32-16-14-28/h1-8H,9-18H2,(H,26,30). The number of nitrogens with one attached hydrogen (secondary N) is 1. The van der Waals surface area contributed by atoms with Gasteiger partial charge in [0, 0.05) is 55.7 Å². The van der Waals surface area contributed by atoms with Crippen molar-refractivity contribution in [2.24, 2.45) is 0 Å². The first-order valence-electron chi connectivity index (χ1n) is 11.0. The molecular formula is C24H29ClN4O3. The summed E-state index contributed by atoms with van der Waals surface area (Å²) in [7, 11) is 0. The van der Waals surface area contributed by atoms with Crippen LogP contribution >= 0.6 is 11.6 Å². The Labute approximate surface area is 193 Å². The van der Waals surface area contributed by atoms with Crippen molar-refractivity contribution in [3.8, 4) is 0 Å². The molecule has 0 spiro atoms. The van der Waals surface area contributed by atoms with Gasteiger partial charge in [0.25, 0.3) is 0 Å². The summed E-state index contributed by atoms with van der Waals surface area (Å²) in [6.07, 6.45) is 0.306. The second kappa shape index (κ2) is 10.8. The number of anilines is 2. The predicted octanol–water partition coefficient (Wildman–Crippen LogP) is 2.50. The summed E-state index contributed by atoms with van der Waals surface area (Å²) in [6.45, 7) is 6.18. The molecule has 8 heteroatoms. The van der Waals surface area contributed by atoms with E-state index in [4.69, 9.17) is 16.3 Å². The number of rotatable bonds is 6. The van der Waals surface area contributed by atoms with Crippen molar-refractivity contribution in [2.45, 2.75) is 6.42 Å². The highest BCUT2D eigenvalue weighted by Gasteiger charge is 2.23. The van der Waals surface area contributed by atoms with Gasteiger partial charge < -0.3 is 19.9 Å². The molecule has 0 aliphatic carbocycles. The topological polar surface area (TPSA) is 65.1 Å². The van der Waals surface area contributed by atoms with Gasteiger partial charge in [-0.05, 0) is 35.9 Å². The molecule has 2 aliphatic heterocycles. The molecule has 2 heterocycles. The smallest absolute Gasteiger partial charge is 0.238 e. The minimum atomic E-state index is -0.0417. The fourth-order valence-corrected chi connectivity index (χ4v) is 4.26. The number of piperazine rings is 1. The molecule has 4 rings (SSSR count). The van der Waals surface area contributed by atoms with Crippen LogP contribution in [0.5, 0.6) is 0 Å². The van der Waals surface area contributed by atoms with Gasteiger partial charge in [0.1, 0.15) is 0 Å². The Morgan fingerprint density at radius 1 is 0.906 bits per heavy atom. The third-order valence-corrected chi connectivity index (χ3v) is 6.29. The number of nitrogens with zero attached hydrogens (tertiary/aromatic N) is 3. The van der Waals surface area contributed by atoms with Crippen molar-refractivity contribution < 1.29 is 14.3 Å². The number of hydrogen-bond acceptors (Lipinski definition) is 5. The highest BCUT2D eigenvalue weighted by atomic mass is 35.5. The Bertz CT molecular complexity index is 923. The maximum Gasteiger partial charge on any atom is 0.238 e. The van der Waals surface area contributed by atoms with Crippen molar-refractivity contribution in [3.63, 3.8) is 0 Å². The largest absolute Gasteiger partial charge is 0.378 e. The summed E-state index contributed by atoms with van der Waals surface area (Å²) in [5.41, 5.74) is 2.78. The first-order valence-corrected chi connectivity index (χ1v) is 11.4. The van der Waals surface area contributed by atoms with Crippen molar-refractivity contribution in [1.82, 2.24) is 9.80 Å². The third kappa shape index (κ3) is 6.00. The molecule has 170 valence electrons. The van der Waals surface area contributed by atoms with Gasteiger partial charge in [0.05, 0.1) is 26.2 Å². The summed E-state index contributed by atoms with van der Waals surface area (Å²) in [6, 6.07) is 15.4. The molecule has 2 saturated heterocycles. The van der Waals surface area contributed by atoms with Crippen molar-refractivity contribution in [2.75, 3.05) is 69.2 Å². The quantitative estimate of drug-likeness (QED) is 0.723. The van der Waals surface area contributed by atoms with Crippen LogP contribution in [0.2, 0.25) is 5.02 Å². The van der Waals surface area contributed by atoms with Gasteiger partial charge >= 0.3 is 0 Å². The summed E-state index contributed by atoms with van der Waals surface area (Å²) < 4.78 is 5.39. The molecule has 0 saturated carbocycles. The van der Waals surface area contributed by atoms with Crippen molar-refractivity contribution in [3.05, 3.63) is 59.1 Å². The zero-order chi connectivity index (χ0) is 22.3. The fraction of sp³-hybridized carbons (Fsp3) is 0.417. The number of carbonyl (C=O) groups is 2. The second-order valence-electron chi connectivity index (χ2n) is 8.12. The molecule has 2 amide bonds. The van der Waals surface area contributed by atoms with E-state index in [1.54, 1.807) is 6.07 Å². The Kier molecular flexibility index (Phi) is 7.63. The molecule has 0 aromatic heterocycles. The fourth-order valence-electron chi connectivity index (χ4n) is 4.05. The average Bonchev–Trinajstić information content (AvgIpc) is 2.82. The molecular weight excluding hydrogens is 428 g/mol. The Morgan fingerprint density at radius 3 is 2.28 bits per heavy atom. The number of amides is 2. The molecule has 2 aliphatic rings. The van der Waals surface area contributed by atoms with E-state index in [0.717, 1.165) is 43.2 Å². The van der Waals surface area contributed by atoms with Gasteiger partial charge in [0.15, 0.2) is 0 Å². The van der Waals surface area contributed by atoms with Gasteiger partial charge in [-0.3, -0.25) is 14.5 Å². The van der Waals surface area contributed by atoms with Gasteiger partial charge in [0.2, 0.25) is 11.8 Å². The number of ether oxygens (including phenoxy) is 1. The van der Waals surface area contributed by atoms with Crippen LogP contribution in [0.25, 0.3) is 0 Å². The highest BCUT2D eigenvalue weighted by molar-refractivity contribution is 6.31. The first kappa shape index (κ1) is 22.6. The summed E-state index contributed by atoms with van der Waals surface area (Å²) in [5, 5.41) is 3.59. The summed E-state index contributed by atoms with van der Waals surface area (Å²) in [5.74, 6) is 0.0301. The van der Waals surface area contributed by atoms with Crippen molar-refractivity contribution >= 4 is 34.8 Å². The van der Waals surface area contributed by atoms with Crippen molar-refractivity contribution in [1.29, 1.82) is 0 Å². The van der Waals surface area contributed by atoms with Crippen LogP contribution in [0.4, 0.5) is 11.4 Å². The maximum absolute atomic E-state index is 12.6. The van der Waals surface area contributed by atoms with Crippen LogP contribution < -0.4 is 10.2 Å². The predicted molar refractivity (Wildman–Crippen MR) is 126 cm³/mol. The number of morpholine rings is 1. The Morgan fingerprint density at radius 2 is 1.59 bits per heavy atom. The lowest BCUT2D eigenvalue weighted by Gasteiger charge is -2.34. The summed E-state index contributed by atoms with van der Waals surface area (Å²) >= 11 is 6.17. The number of carbonyl (C=O) groups excluding carboxylic acids is 2. The monoisotopic (exact) mass is 456 g/mol. The molecule has 0 bridgehead atoms. The van der Waals surface area contributed by atoms with Crippen LogP contribution in [0.1, 0.15) is 5.56 Å². The maximum atomic E-state index is 12.6. The minimum Gasteiger partial charge on any atom is -0.378 e. The molecule has 0 radical (unpaired) electrons. The Balaban J connectivity index is 1.20. The third-order valence-electron chi connectivity index (χ3n) is 5.92. The zero-order valence-corrected chi connectivity index (χ0v) is 18.9. The van der Waals surface area contributed by atoms with E-state index < -0.39 is 0 Å². The van der Waals surface area contributed by atoms with Crippen LogP contribution in [0.3, 0.4) is 0 Å². The first-order chi connectivity index (χ1) is 15.6. The molecule has 7 nitrogen and oxygen atoms in total. The lowest BCUT2D eigenvalue weighted by Crippen LogP contribution is -2.50. The molecule has 0 unspecified atom stereocenters. The molecule has 0 atom stereocenters. The van der Waals surface area contributed by atoms with E-state index in [-0.39, 0.29) is 11.8 Å². The van der Waals surface area contributed by atoms with Gasteiger partial charge in [-0.2, -0.15) is 0 Å². The van der Waals surface area contributed by atoms with Gasteiger partial charge in [-0.25, -0.2) is 0 Å². The SMILES string of the molecule is O=C(CN1CCN(C(=O)Cc2ccccc2Cl)CC1)Nc1ccc(N2CCOCC2)cc1. The van der Waals surface area contributed by atoms with E-state index in [1.165, 1.54) is 0 Å². The molecule has 32 heavy (non-hydrogen) atoms. The molecule has 2 aromatic rings. The van der Waals surface area contributed by atoms with E-state index in [9.17, 15) is 9.59 Å². The van der Waals surface area contributed by atoms with Crippen LogP contribution in [0, 0.1) is 0 Å². The number of hydrogen-bond donors (Lipinski definition) is 1. The number of benzene rings is 2. The zero-order valence-electron chi connectivity index (χ0n) is 18.1. The van der Waals surface area contributed by atoms with E-state index in [0.29, 0.717) is 44.2 Å². The molecule has 1 N–H and O–H groups in total. The van der Waals surface area contributed by atoms with Crippen LogP contribution in [0.15, 0.2) is 48.5 Å². The normalized spacial score (nSPS) is 17.3. The van der Waals surface area contributed by atoms with Crippen LogP contribution in [-0.2, 0) is 20.7 Å². The lowest BCUT2D eigenvalue weighted by molar-refractivity contribution is -0.132. The summed E-state index contributed by atoms with van der Waals surface area (Å²) in [4.78, 5) is 31.3. The highest BCUT2D eigenvalue weighted by Crippen LogP contribution is 2.19. The van der Waals surface area contributed by atoms with Crippen LogP contribution in [-0.4, -0.2) is 80.6 Å². The average molecular weight is 457 g/mol. The van der Waals surface area contributed by atoms with Gasteiger partial charge in [-0.15, -0.1) is 0 Å². The second-order valence-corrected chi connectivity index (χ2v) is 8.53. The van der Waals surface area contributed by atoms with E-state index in [2.05, 4.69) is 15.1 Å². The van der Waals surface area contributed by atoms with E-state index >= 15 is 0 Å². The molecule has 2 aromatic carbocycles. The minimum absolute atomic E-state index is 0.0417. The Hall–Kier alpha value is -2.61. The number of halogens is 1. The molecule has 2 fully saturated rings. The lowest BCUT2D eigenvalue weighted by atomic mass is 10.1.